The maximum atomic E-state index is 12.9. The van der Waals surface area contributed by atoms with Gasteiger partial charge in [-0.25, -0.2) is 4.39 Å². The summed E-state index contributed by atoms with van der Waals surface area (Å²) in [7, 11) is 0. The average Bonchev–Trinajstić information content (AvgIpc) is 2.36. The van der Waals surface area contributed by atoms with Gasteiger partial charge in [-0.3, -0.25) is 4.79 Å². The maximum absolute atomic E-state index is 12.9. The first-order valence-electron chi connectivity index (χ1n) is 6.54. The van der Waals surface area contributed by atoms with Crippen LogP contribution in [-0.2, 0) is 11.3 Å². The third-order valence-corrected chi connectivity index (χ3v) is 3.35. The molecule has 1 aliphatic rings. The van der Waals surface area contributed by atoms with E-state index in [0.717, 1.165) is 18.4 Å². The van der Waals surface area contributed by atoms with Crippen LogP contribution in [0.15, 0.2) is 36.1 Å². The normalized spacial score (nSPS) is 19.5. The molecular weight excluding hydrogens is 245 g/mol. The number of nitrogens with zero attached hydrogens (tertiary/aromatic N) is 1. The predicted octanol–water partition coefficient (Wildman–Crippen LogP) is 3.17. The quantitative estimate of drug-likeness (QED) is 0.906. The summed E-state index contributed by atoms with van der Waals surface area (Å²) in [6.07, 6.45) is 3.58. The van der Waals surface area contributed by atoms with E-state index in [1.54, 1.807) is 17.0 Å². The summed E-state index contributed by atoms with van der Waals surface area (Å²) in [6.45, 7) is 2.50. The lowest BCUT2D eigenvalue weighted by molar-refractivity contribution is -0.130. The van der Waals surface area contributed by atoms with Gasteiger partial charge in [-0.15, -0.1) is 0 Å². The number of carbonyl (C=O) groups is 1. The number of carbonyl (C=O) groups excluding carboxylic acids is 1. The highest BCUT2D eigenvalue weighted by atomic mass is 19.1. The number of hydrogen-bond acceptors (Lipinski definition) is 2. The summed E-state index contributed by atoms with van der Waals surface area (Å²) < 4.78 is 12.9. The van der Waals surface area contributed by atoms with E-state index in [1.165, 1.54) is 18.2 Å². The van der Waals surface area contributed by atoms with E-state index in [2.05, 4.69) is 6.92 Å². The molecule has 102 valence electrons. The fraction of sp³-hybridized carbons (Fsp3) is 0.400. The molecule has 1 aromatic rings. The molecule has 1 atom stereocenters. The molecule has 0 aliphatic carbocycles. The van der Waals surface area contributed by atoms with E-state index < -0.39 is 0 Å². The van der Waals surface area contributed by atoms with E-state index in [1.807, 2.05) is 0 Å². The Bertz CT molecular complexity index is 481. The molecule has 0 saturated carbocycles. The standard InChI is InChI=1S/C15H18FNO2/c1-2-3-13-8-14(18)9-15(19)17(13)10-11-4-6-12(16)7-5-11/h4-7,9,13,18H,2-3,8,10H2,1H3. The van der Waals surface area contributed by atoms with Gasteiger partial charge in [0.25, 0.3) is 0 Å². The molecule has 1 aliphatic heterocycles. The predicted molar refractivity (Wildman–Crippen MR) is 71.0 cm³/mol. The molecule has 1 heterocycles. The third-order valence-electron chi connectivity index (χ3n) is 3.35. The van der Waals surface area contributed by atoms with Crippen LogP contribution in [0.1, 0.15) is 31.7 Å². The van der Waals surface area contributed by atoms with Crippen LogP contribution in [0, 0.1) is 5.82 Å². The van der Waals surface area contributed by atoms with Gasteiger partial charge in [0.1, 0.15) is 5.82 Å². The minimum atomic E-state index is -0.281. The molecule has 3 nitrogen and oxygen atoms in total. The Morgan fingerprint density at radius 2 is 2.05 bits per heavy atom. The number of aliphatic hydroxyl groups is 1. The highest BCUT2D eigenvalue weighted by molar-refractivity contribution is 5.89. The molecule has 0 aromatic heterocycles. The Kier molecular flexibility index (Phi) is 4.20. The Hall–Kier alpha value is -1.84. The van der Waals surface area contributed by atoms with Crippen molar-refractivity contribution in [1.82, 2.24) is 4.90 Å². The molecular formula is C15H18FNO2. The number of aliphatic hydroxyl groups excluding tert-OH is 1. The number of benzene rings is 1. The topological polar surface area (TPSA) is 40.5 Å². The lowest BCUT2D eigenvalue weighted by Crippen LogP contribution is -2.42. The molecule has 19 heavy (non-hydrogen) atoms. The molecule has 0 fully saturated rings. The van der Waals surface area contributed by atoms with Crippen LogP contribution >= 0.6 is 0 Å². The van der Waals surface area contributed by atoms with Gasteiger partial charge in [-0.1, -0.05) is 25.5 Å². The smallest absolute Gasteiger partial charge is 0.250 e. The molecule has 1 unspecified atom stereocenters. The molecule has 0 saturated heterocycles. The van der Waals surface area contributed by atoms with Gasteiger partial charge in [0.15, 0.2) is 0 Å². The van der Waals surface area contributed by atoms with Crippen molar-refractivity contribution >= 4 is 5.91 Å². The summed E-state index contributed by atoms with van der Waals surface area (Å²) in [5.41, 5.74) is 0.894. The zero-order valence-corrected chi connectivity index (χ0v) is 11.0. The molecule has 1 aromatic carbocycles. The fourth-order valence-corrected chi connectivity index (χ4v) is 2.40. The molecule has 0 radical (unpaired) electrons. The van der Waals surface area contributed by atoms with E-state index in [0.29, 0.717) is 13.0 Å². The van der Waals surface area contributed by atoms with Crippen LogP contribution in [0.5, 0.6) is 0 Å². The SMILES string of the molecule is CCCC1CC(O)=CC(=O)N1Cc1ccc(F)cc1. The van der Waals surface area contributed by atoms with Gasteiger partial charge < -0.3 is 10.0 Å². The van der Waals surface area contributed by atoms with Crippen LogP contribution in [0.25, 0.3) is 0 Å². The lowest BCUT2D eigenvalue weighted by Gasteiger charge is -2.34. The minimum absolute atomic E-state index is 0.0209. The summed E-state index contributed by atoms with van der Waals surface area (Å²) in [6, 6.07) is 6.18. The van der Waals surface area contributed by atoms with E-state index in [-0.39, 0.29) is 23.5 Å². The molecule has 1 amide bonds. The van der Waals surface area contributed by atoms with Crippen molar-refractivity contribution < 1.29 is 14.3 Å². The second-order valence-electron chi connectivity index (χ2n) is 4.87. The average molecular weight is 263 g/mol. The molecule has 2 rings (SSSR count). The van der Waals surface area contributed by atoms with Crippen molar-refractivity contribution in [1.29, 1.82) is 0 Å². The highest BCUT2D eigenvalue weighted by Crippen LogP contribution is 2.23. The fourth-order valence-electron chi connectivity index (χ4n) is 2.40. The largest absolute Gasteiger partial charge is 0.512 e. The lowest BCUT2D eigenvalue weighted by atomic mass is 10.0. The van der Waals surface area contributed by atoms with Gasteiger partial charge in [0.05, 0.1) is 5.76 Å². The summed E-state index contributed by atoms with van der Waals surface area (Å²) in [4.78, 5) is 13.7. The number of hydrogen-bond donors (Lipinski definition) is 1. The van der Waals surface area contributed by atoms with Crippen molar-refractivity contribution in [2.24, 2.45) is 0 Å². The van der Waals surface area contributed by atoms with Gasteiger partial charge in [-0.2, -0.15) is 0 Å². The second kappa shape index (κ2) is 5.87. The number of amides is 1. The Morgan fingerprint density at radius 3 is 2.68 bits per heavy atom. The second-order valence-corrected chi connectivity index (χ2v) is 4.87. The van der Waals surface area contributed by atoms with Crippen molar-refractivity contribution in [2.45, 2.75) is 38.8 Å². The van der Waals surface area contributed by atoms with Gasteiger partial charge in [0.2, 0.25) is 5.91 Å². The minimum Gasteiger partial charge on any atom is -0.512 e. The van der Waals surface area contributed by atoms with Crippen molar-refractivity contribution in [2.75, 3.05) is 0 Å². The Morgan fingerprint density at radius 1 is 1.37 bits per heavy atom. The zero-order valence-electron chi connectivity index (χ0n) is 11.0. The Labute approximate surface area is 112 Å². The first-order valence-corrected chi connectivity index (χ1v) is 6.54. The number of rotatable bonds is 4. The molecule has 4 heteroatoms. The van der Waals surface area contributed by atoms with Crippen LogP contribution < -0.4 is 0 Å². The van der Waals surface area contributed by atoms with Crippen molar-refractivity contribution in [3.8, 4) is 0 Å². The molecule has 1 N–H and O–H groups in total. The first-order chi connectivity index (χ1) is 9.10. The van der Waals surface area contributed by atoms with Crippen molar-refractivity contribution in [3.05, 3.63) is 47.5 Å². The Balaban J connectivity index is 2.15. The van der Waals surface area contributed by atoms with E-state index in [9.17, 15) is 14.3 Å². The van der Waals surface area contributed by atoms with Gasteiger partial charge in [-0.05, 0) is 24.1 Å². The molecule has 0 bridgehead atoms. The zero-order chi connectivity index (χ0) is 13.8. The van der Waals surface area contributed by atoms with Gasteiger partial charge >= 0.3 is 0 Å². The number of halogens is 1. The molecule has 0 spiro atoms. The van der Waals surface area contributed by atoms with Crippen molar-refractivity contribution in [3.63, 3.8) is 0 Å². The third kappa shape index (κ3) is 3.34. The summed E-state index contributed by atoms with van der Waals surface area (Å²) in [5.74, 6) is -0.304. The first kappa shape index (κ1) is 13.6. The maximum Gasteiger partial charge on any atom is 0.250 e. The van der Waals surface area contributed by atoms with Crippen LogP contribution in [-0.4, -0.2) is 22.0 Å². The van der Waals surface area contributed by atoms with Crippen LogP contribution in [0.3, 0.4) is 0 Å². The van der Waals surface area contributed by atoms with E-state index in [4.69, 9.17) is 0 Å². The monoisotopic (exact) mass is 263 g/mol. The van der Waals surface area contributed by atoms with E-state index >= 15 is 0 Å². The van der Waals surface area contributed by atoms with Gasteiger partial charge in [0, 0.05) is 25.1 Å². The summed E-state index contributed by atoms with van der Waals surface area (Å²) >= 11 is 0. The van der Waals surface area contributed by atoms with Crippen LogP contribution in [0.2, 0.25) is 0 Å². The highest BCUT2D eigenvalue weighted by Gasteiger charge is 2.27. The van der Waals surface area contributed by atoms with Crippen LogP contribution in [0.4, 0.5) is 4.39 Å². The summed E-state index contributed by atoms with van der Waals surface area (Å²) in [5, 5.41) is 9.56.